The lowest BCUT2D eigenvalue weighted by Crippen LogP contribution is -2.44. The standard InChI is InChI=1S/C22H25NO2/c24-20(17-7-3-1-4-8-17)18-11-15-23(16-12-18)21(25)22(13-14-22)19-9-5-2-6-10-19/h1-10,18,20,24H,11-16H2. The Morgan fingerprint density at radius 2 is 1.52 bits per heavy atom. The van der Waals surface area contributed by atoms with Gasteiger partial charge in [-0.05, 0) is 42.7 Å². The molecule has 4 rings (SSSR count). The molecule has 0 radical (unpaired) electrons. The molecule has 1 aliphatic carbocycles. The van der Waals surface area contributed by atoms with Crippen molar-refractivity contribution in [2.75, 3.05) is 13.1 Å². The Balaban J connectivity index is 1.40. The Morgan fingerprint density at radius 1 is 0.960 bits per heavy atom. The van der Waals surface area contributed by atoms with E-state index < -0.39 is 6.10 Å². The third-order valence-electron chi connectivity index (χ3n) is 5.90. The van der Waals surface area contributed by atoms with Gasteiger partial charge in [0.25, 0.3) is 0 Å². The van der Waals surface area contributed by atoms with Crippen LogP contribution in [0.15, 0.2) is 60.7 Å². The average Bonchev–Trinajstić information content (AvgIpc) is 3.50. The van der Waals surface area contributed by atoms with E-state index in [9.17, 15) is 9.90 Å². The second-order valence-corrected chi connectivity index (χ2v) is 7.43. The highest BCUT2D eigenvalue weighted by molar-refractivity contribution is 5.91. The largest absolute Gasteiger partial charge is 0.388 e. The fourth-order valence-corrected chi connectivity index (χ4v) is 4.15. The molecule has 0 aromatic heterocycles. The molecule has 3 heteroatoms. The van der Waals surface area contributed by atoms with E-state index in [1.54, 1.807) is 0 Å². The normalized spacial score (nSPS) is 20.9. The number of carbonyl (C=O) groups excluding carboxylic acids is 1. The fraction of sp³-hybridized carbons (Fsp3) is 0.409. The van der Waals surface area contributed by atoms with E-state index in [1.165, 1.54) is 0 Å². The van der Waals surface area contributed by atoms with E-state index in [-0.39, 0.29) is 17.2 Å². The SMILES string of the molecule is O=C(N1CCC(C(O)c2ccccc2)CC1)C1(c2ccccc2)CC1. The van der Waals surface area contributed by atoms with Crippen LogP contribution in [0.25, 0.3) is 0 Å². The lowest BCUT2D eigenvalue weighted by Gasteiger charge is -2.36. The lowest BCUT2D eigenvalue weighted by atomic mass is 9.86. The molecule has 1 saturated heterocycles. The maximum Gasteiger partial charge on any atom is 0.233 e. The van der Waals surface area contributed by atoms with Gasteiger partial charge in [-0.1, -0.05) is 60.7 Å². The van der Waals surface area contributed by atoms with Crippen LogP contribution in [0.1, 0.15) is 42.9 Å². The summed E-state index contributed by atoms with van der Waals surface area (Å²) in [6.07, 6.45) is 3.23. The van der Waals surface area contributed by atoms with Gasteiger partial charge in [0, 0.05) is 13.1 Å². The Kier molecular flexibility index (Phi) is 4.34. The van der Waals surface area contributed by atoms with E-state index in [0.29, 0.717) is 0 Å². The number of likely N-dealkylation sites (tertiary alicyclic amines) is 1. The highest BCUT2D eigenvalue weighted by Crippen LogP contribution is 2.50. The van der Waals surface area contributed by atoms with Gasteiger partial charge in [-0.2, -0.15) is 0 Å². The number of hydrogen-bond donors (Lipinski definition) is 1. The van der Waals surface area contributed by atoms with Crippen molar-refractivity contribution in [2.45, 2.75) is 37.2 Å². The molecule has 1 aliphatic heterocycles. The number of amides is 1. The molecular formula is C22H25NO2. The summed E-state index contributed by atoms with van der Waals surface area (Å²) in [6.45, 7) is 1.50. The van der Waals surface area contributed by atoms with Gasteiger partial charge in [0.1, 0.15) is 0 Å². The van der Waals surface area contributed by atoms with Crippen LogP contribution in [0.2, 0.25) is 0 Å². The summed E-state index contributed by atoms with van der Waals surface area (Å²) in [5, 5.41) is 10.6. The fourth-order valence-electron chi connectivity index (χ4n) is 4.15. The maximum absolute atomic E-state index is 13.1. The number of hydrogen-bond acceptors (Lipinski definition) is 2. The number of carbonyl (C=O) groups is 1. The molecule has 3 nitrogen and oxygen atoms in total. The second kappa shape index (κ2) is 6.64. The van der Waals surface area contributed by atoms with Crippen molar-refractivity contribution in [1.82, 2.24) is 4.90 Å². The van der Waals surface area contributed by atoms with Crippen LogP contribution in [0.4, 0.5) is 0 Å². The summed E-state index contributed by atoms with van der Waals surface area (Å²) in [5.74, 6) is 0.518. The highest BCUT2D eigenvalue weighted by Gasteiger charge is 2.53. The van der Waals surface area contributed by atoms with Gasteiger partial charge in [0.05, 0.1) is 11.5 Å². The number of piperidine rings is 1. The first-order chi connectivity index (χ1) is 12.2. The summed E-state index contributed by atoms with van der Waals surface area (Å²) in [7, 11) is 0. The first-order valence-electron chi connectivity index (χ1n) is 9.29. The Bertz CT molecular complexity index is 716. The Morgan fingerprint density at radius 3 is 2.08 bits per heavy atom. The summed E-state index contributed by atoms with van der Waals surface area (Å²) >= 11 is 0. The van der Waals surface area contributed by atoms with Crippen LogP contribution in [0.5, 0.6) is 0 Å². The molecule has 2 fully saturated rings. The predicted molar refractivity (Wildman–Crippen MR) is 98.1 cm³/mol. The molecule has 2 aromatic rings. The van der Waals surface area contributed by atoms with Crippen LogP contribution in [-0.4, -0.2) is 29.0 Å². The molecule has 1 saturated carbocycles. The van der Waals surface area contributed by atoms with Crippen molar-refractivity contribution >= 4 is 5.91 Å². The number of benzene rings is 2. The van der Waals surface area contributed by atoms with E-state index in [2.05, 4.69) is 12.1 Å². The highest BCUT2D eigenvalue weighted by atomic mass is 16.3. The lowest BCUT2D eigenvalue weighted by molar-refractivity contribution is -0.136. The maximum atomic E-state index is 13.1. The zero-order valence-corrected chi connectivity index (χ0v) is 14.5. The Hall–Kier alpha value is -2.13. The number of aliphatic hydroxyl groups excluding tert-OH is 1. The first kappa shape index (κ1) is 16.3. The van der Waals surface area contributed by atoms with E-state index in [1.807, 2.05) is 53.4 Å². The van der Waals surface area contributed by atoms with Gasteiger partial charge in [-0.15, -0.1) is 0 Å². The molecule has 25 heavy (non-hydrogen) atoms. The van der Waals surface area contributed by atoms with Crippen LogP contribution >= 0.6 is 0 Å². The summed E-state index contributed by atoms with van der Waals surface area (Å²) in [5.41, 5.74) is 1.87. The van der Waals surface area contributed by atoms with Crippen molar-refractivity contribution in [3.05, 3.63) is 71.8 Å². The monoisotopic (exact) mass is 335 g/mol. The topological polar surface area (TPSA) is 40.5 Å². The minimum atomic E-state index is -0.428. The molecular weight excluding hydrogens is 310 g/mol. The molecule has 1 amide bonds. The van der Waals surface area contributed by atoms with Gasteiger partial charge < -0.3 is 10.0 Å². The molecule has 130 valence electrons. The van der Waals surface area contributed by atoms with E-state index in [0.717, 1.165) is 49.9 Å². The van der Waals surface area contributed by atoms with Gasteiger partial charge in [0.15, 0.2) is 0 Å². The van der Waals surface area contributed by atoms with Crippen LogP contribution in [0.3, 0.4) is 0 Å². The number of aliphatic hydroxyl groups is 1. The van der Waals surface area contributed by atoms with Gasteiger partial charge in [0.2, 0.25) is 5.91 Å². The number of nitrogens with zero attached hydrogens (tertiary/aromatic N) is 1. The quantitative estimate of drug-likeness (QED) is 0.926. The first-order valence-corrected chi connectivity index (χ1v) is 9.29. The van der Waals surface area contributed by atoms with E-state index >= 15 is 0 Å². The summed E-state index contributed by atoms with van der Waals surface area (Å²) in [4.78, 5) is 15.1. The van der Waals surface area contributed by atoms with Crippen molar-refractivity contribution in [1.29, 1.82) is 0 Å². The summed E-state index contributed by atoms with van der Waals surface area (Å²) in [6, 6.07) is 20.1. The molecule has 0 bridgehead atoms. The van der Waals surface area contributed by atoms with Crippen molar-refractivity contribution in [2.24, 2.45) is 5.92 Å². The van der Waals surface area contributed by atoms with Crippen LogP contribution in [0, 0.1) is 5.92 Å². The zero-order chi connectivity index (χ0) is 17.3. The summed E-state index contributed by atoms with van der Waals surface area (Å²) < 4.78 is 0. The molecule has 2 aromatic carbocycles. The molecule has 1 atom stereocenters. The number of rotatable bonds is 4. The molecule has 1 heterocycles. The molecule has 0 spiro atoms. The van der Waals surface area contributed by atoms with Gasteiger partial charge in [-0.25, -0.2) is 0 Å². The minimum absolute atomic E-state index is 0.235. The van der Waals surface area contributed by atoms with Crippen LogP contribution < -0.4 is 0 Å². The smallest absolute Gasteiger partial charge is 0.233 e. The second-order valence-electron chi connectivity index (χ2n) is 7.43. The third kappa shape index (κ3) is 3.09. The third-order valence-corrected chi connectivity index (χ3v) is 5.90. The minimum Gasteiger partial charge on any atom is -0.388 e. The zero-order valence-electron chi connectivity index (χ0n) is 14.5. The molecule has 1 unspecified atom stereocenters. The molecule has 1 N–H and O–H groups in total. The van der Waals surface area contributed by atoms with Crippen molar-refractivity contribution in [3.63, 3.8) is 0 Å². The van der Waals surface area contributed by atoms with Gasteiger partial charge >= 0.3 is 0 Å². The van der Waals surface area contributed by atoms with Crippen LogP contribution in [-0.2, 0) is 10.2 Å². The van der Waals surface area contributed by atoms with Crippen molar-refractivity contribution in [3.8, 4) is 0 Å². The van der Waals surface area contributed by atoms with E-state index in [4.69, 9.17) is 0 Å². The molecule has 2 aliphatic rings. The van der Waals surface area contributed by atoms with Crippen molar-refractivity contribution < 1.29 is 9.90 Å². The van der Waals surface area contributed by atoms with Gasteiger partial charge in [-0.3, -0.25) is 4.79 Å². The Labute approximate surface area is 149 Å². The predicted octanol–water partition coefficient (Wildman–Crippen LogP) is 3.69. The average molecular weight is 335 g/mol.